The van der Waals surface area contributed by atoms with Crippen molar-refractivity contribution in [2.24, 2.45) is 5.18 Å². The summed E-state index contributed by atoms with van der Waals surface area (Å²) in [6, 6.07) is 3.38. The number of rotatable bonds is 17. The van der Waals surface area contributed by atoms with Crippen molar-refractivity contribution in [1.82, 2.24) is 0 Å². The maximum atomic E-state index is 11.4. The molecule has 1 aromatic carbocycles. The predicted molar refractivity (Wildman–Crippen MR) is 122 cm³/mol. The standard InChI is InChI=1S/C24H40ClNO2/c1-4-5-6-7-8-9-10-11-12-13-14-15-16-17-23(26-27)21-18-20(2)22(25)19-24(21)28-3/h18-19,23H,4-17H2,1-3H3. The number of ether oxygens (including phenoxy) is 1. The van der Waals surface area contributed by atoms with Crippen LogP contribution in [0.5, 0.6) is 5.75 Å². The van der Waals surface area contributed by atoms with Crippen LogP contribution in [0.4, 0.5) is 0 Å². The Hall–Kier alpha value is -1.09. The third-order valence-corrected chi connectivity index (χ3v) is 5.99. The third-order valence-electron chi connectivity index (χ3n) is 5.58. The molecule has 160 valence electrons. The van der Waals surface area contributed by atoms with Crippen LogP contribution in [-0.2, 0) is 0 Å². The van der Waals surface area contributed by atoms with Gasteiger partial charge in [0.25, 0.3) is 0 Å². The number of nitroso groups, excluding NO2 is 1. The van der Waals surface area contributed by atoms with Gasteiger partial charge < -0.3 is 4.74 Å². The zero-order valence-corrected chi connectivity index (χ0v) is 19.0. The molecule has 4 heteroatoms. The molecule has 1 aromatic rings. The summed E-state index contributed by atoms with van der Waals surface area (Å²) in [6.07, 6.45) is 18.0. The molecule has 0 bridgehead atoms. The van der Waals surface area contributed by atoms with Gasteiger partial charge in [-0.2, -0.15) is 4.91 Å². The highest BCUT2D eigenvalue weighted by molar-refractivity contribution is 6.31. The van der Waals surface area contributed by atoms with E-state index in [1.807, 2.05) is 13.0 Å². The van der Waals surface area contributed by atoms with Gasteiger partial charge in [0, 0.05) is 10.6 Å². The van der Waals surface area contributed by atoms with E-state index >= 15 is 0 Å². The Morgan fingerprint density at radius 3 is 1.86 bits per heavy atom. The van der Waals surface area contributed by atoms with Gasteiger partial charge in [-0.25, -0.2) is 0 Å². The fourth-order valence-electron chi connectivity index (χ4n) is 3.74. The number of unbranched alkanes of at least 4 members (excludes halogenated alkanes) is 12. The summed E-state index contributed by atoms with van der Waals surface area (Å²) in [4.78, 5) is 11.4. The van der Waals surface area contributed by atoms with Gasteiger partial charge >= 0.3 is 0 Å². The Labute approximate surface area is 177 Å². The zero-order chi connectivity index (χ0) is 20.6. The van der Waals surface area contributed by atoms with E-state index in [0.29, 0.717) is 10.8 Å². The van der Waals surface area contributed by atoms with Gasteiger partial charge in [-0.3, -0.25) is 0 Å². The lowest BCUT2D eigenvalue weighted by Gasteiger charge is -2.15. The maximum Gasteiger partial charge on any atom is 0.125 e. The maximum absolute atomic E-state index is 11.4. The highest BCUT2D eigenvalue weighted by atomic mass is 35.5. The third kappa shape index (κ3) is 9.91. The van der Waals surface area contributed by atoms with Crippen molar-refractivity contribution < 1.29 is 4.74 Å². The molecule has 0 amide bonds. The summed E-state index contributed by atoms with van der Waals surface area (Å²) in [5.74, 6) is 0.662. The average Bonchev–Trinajstić information content (AvgIpc) is 2.70. The molecule has 28 heavy (non-hydrogen) atoms. The molecule has 0 fully saturated rings. The van der Waals surface area contributed by atoms with Crippen molar-refractivity contribution in [2.45, 2.75) is 110 Å². The molecule has 0 saturated carbocycles. The molecule has 1 unspecified atom stereocenters. The highest BCUT2D eigenvalue weighted by Gasteiger charge is 2.18. The van der Waals surface area contributed by atoms with Gasteiger partial charge in [0.05, 0.1) is 7.11 Å². The van der Waals surface area contributed by atoms with Gasteiger partial charge in [0.1, 0.15) is 11.8 Å². The van der Waals surface area contributed by atoms with Crippen LogP contribution in [0.3, 0.4) is 0 Å². The van der Waals surface area contributed by atoms with E-state index in [2.05, 4.69) is 12.1 Å². The first-order chi connectivity index (χ1) is 13.6. The van der Waals surface area contributed by atoms with Crippen molar-refractivity contribution in [1.29, 1.82) is 0 Å². The molecule has 0 aromatic heterocycles. The van der Waals surface area contributed by atoms with E-state index in [1.54, 1.807) is 13.2 Å². The summed E-state index contributed by atoms with van der Waals surface area (Å²) in [5.41, 5.74) is 1.81. The largest absolute Gasteiger partial charge is 0.496 e. The second-order valence-electron chi connectivity index (χ2n) is 8.00. The number of methoxy groups -OCH3 is 1. The van der Waals surface area contributed by atoms with Gasteiger partial charge in [-0.15, -0.1) is 0 Å². The minimum atomic E-state index is -0.348. The zero-order valence-electron chi connectivity index (χ0n) is 18.3. The first kappa shape index (κ1) is 24.9. The predicted octanol–water partition coefficient (Wildman–Crippen LogP) is 8.95. The van der Waals surface area contributed by atoms with Crippen LogP contribution in [0.25, 0.3) is 0 Å². The first-order valence-electron chi connectivity index (χ1n) is 11.3. The normalized spacial score (nSPS) is 12.1. The van der Waals surface area contributed by atoms with Crippen LogP contribution in [0.15, 0.2) is 17.3 Å². The van der Waals surface area contributed by atoms with Crippen molar-refractivity contribution in [3.8, 4) is 5.75 Å². The molecule has 0 radical (unpaired) electrons. The lowest BCUT2D eigenvalue weighted by atomic mass is 9.97. The van der Waals surface area contributed by atoms with Gasteiger partial charge in [0.2, 0.25) is 0 Å². The summed E-state index contributed by atoms with van der Waals surface area (Å²) >= 11 is 6.16. The average molecular weight is 410 g/mol. The Morgan fingerprint density at radius 1 is 0.893 bits per heavy atom. The number of hydrogen-bond acceptors (Lipinski definition) is 3. The summed E-state index contributed by atoms with van der Waals surface area (Å²) in [5, 5.41) is 4.02. The second-order valence-corrected chi connectivity index (χ2v) is 8.40. The lowest BCUT2D eigenvalue weighted by Crippen LogP contribution is -2.00. The number of aryl methyl sites for hydroxylation is 1. The first-order valence-corrected chi connectivity index (χ1v) is 11.7. The number of benzene rings is 1. The molecular formula is C24H40ClNO2. The highest BCUT2D eigenvalue weighted by Crippen LogP contribution is 2.35. The smallest absolute Gasteiger partial charge is 0.125 e. The van der Waals surface area contributed by atoms with E-state index < -0.39 is 0 Å². The van der Waals surface area contributed by atoms with E-state index in [0.717, 1.165) is 30.4 Å². The van der Waals surface area contributed by atoms with Crippen LogP contribution in [0.2, 0.25) is 5.02 Å². The summed E-state index contributed by atoms with van der Waals surface area (Å²) < 4.78 is 5.40. The van der Waals surface area contributed by atoms with Crippen molar-refractivity contribution >= 4 is 11.6 Å². The van der Waals surface area contributed by atoms with Crippen molar-refractivity contribution in [2.75, 3.05) is 7.11 Å². The molecule has 0 saturated heterocycles. The van der Waals surface area contributed by atoms with E-state index in [-0.39, 0.29) is 6.04 Å². The molecule has 0 N–H and O–H groups in total. The molecule has 0 aliphatic carbocycles. The monoisotopic (exact) mass is 409 g/mol. The Kier molecular flexibility index (Phi) is 14.1. The Bertz CT molecular complexity index is 548. The summed E-state index contributed by atoms with van der Waals surface area (Å²) in [7, 11) is 1.61. The molecule has 0 aliphatic rings. The van der Waals surface area contributed by atoms with E-state index in [1.165, 1.54) is 70.6 Å². The fraction of sp³-hybridized carbons (Fsp3) is 0.750. The second kappa shape index (κ2) is 15.8. The van der Waals surface area contributed by atoms with E-state index in [4.69, 9.17) is 16.3 Å². The van der Waals surface area contributed by atoms with Crippen LogP contribution in [-0.4, -0.2) is 7.11 Å². The summed E-state index contributed by atoms with van der Waals surface area (Å²) in [6.45, 7) is 4.21. The van der Waals surface area contributed by atoms with E-state index in [9.17, 15) is 4.91 Å². The lowest BCUT2D eigenvalue weighted by molar-refractivity contribution is 0.402. The number of halogens is 1. The van der Waals surface area contributed by atoms with Gasteiger partial charge in [-0.05, 0) is 31.0 Å². The van der Waals surface area contributed by atoms with Crippen molar-refractivity contribution in [3.05, 3.63) is 33.2 Å². The Morgan fingerprint density at radius 2 is 1.39 bits per heavy atom. The molecule has 1 atom stereocenters. The topological polar surface area (TPSA) is 38.7 Å². The molecule has 1 rings (SSSR count). The van der Waals surface area contributed by atoms with Crippen LogP contribution < -0.4 is 4.74 Å². The van der Waals surface area contributed by atoms with Crippen LogP contribution in [0, 0.1) is 11.8 Å². The SMILES string of the molecule is CCCCCCCCCCCCCCCC(N=O)c1cc(C)c(Cl)cc1OC. The fourth-order valence-corrected chi connectivity index (χ4v) is 3.90. The number of hydrogen-bond donors (Lipinski definition) is 0. The molecule has 0 aliphatic heterocycles. The molecule has 3 nitrogen and oxygen atoms in total. The minimum Gasteiger partial charge on any atom is -0.496 e. The molecule has 0 spiro atoms. The van der Waals surface area contributed by atoms with Gasteiger partial charge in [-0.1, -0.05) is 107 Å². The van der Waals surface area contributed by atoms with Crippen LogP contribution in [0.1, 0.15) is 114 Å². The molecule has 0 heterocycles. The minimum absolute atomic E-state index is 0.348. The van der Waals surface area contributed by atoms with Crippen LogP contribution >= 0.6 is 11.6 Å². The van der Waals surface area contributed by atoms with Gasteiger partial charge in [0.15, 0.2) is 0 Å². The number of nitrogens with zero attached hydrogens (tertiary/aromatic N) is 1. The quantitative estimate of drug-likeness (QED) is 0.190. The Balaban J connectivity index is 2.15. The molecular weight excluding hydrogens is 370 g/mol. The van der Waals surface area contributed by atoms with Crippen molar-refractivity contribution in [3.63, 3.8) is 0 Å².